The third-order valence-corrected chi connectivity index (χ3v) is 5.06. The summed E-state index contributed by atoms with van der Waals surface area (Å²) in [5.41, 5.74) is 2.02. The topological polar surface area (TPSA) is 50.8 Å². The summed E-state index contributed by atoms with van der Waals surface area (Å²) in [6.45, 7) is 4.74. The molecule has 26 heavy (non-hydrogen) atoms. The fourth-order valence-electron chi connectivity index (χ4n) is 3.65. The van der Waals surface area contributed by atoms with E-state index < -0.39 is 0 Å². The Hall–Kier alpha value is -2.53. The smallest absolute Gasteiger partial charge is 0.251 e. The minimum absolute atomic E-state index is 0.0687. The predicted octanol–water partition coefficient (Wildman–Crippen LogP) is 2.68. The van der Waals surface area contributed by atoms with Gasteiger partial charge in [-0.2, -0.15) is 0 Å². The van der Waals surface area contributed by atoms with E-state index in [1.165, 1.54) is 12.0 Å². The number of hydrogen-bond donors (Lipinski definition) is 1. The lowest BCUT2D eigenvalue weighted by atomic mass is 9.99. The summed E-state index contributed by atoms with van der Waals surface area (Å²) in [6.07, 6.45) is 1.18. The fourth-order valence-corrected chi connectivity index (χ4v) is 3.65. The van der Waals surface area contributed by atoms with Crippen molar-refractivity contribution in [1.29, 1.82) is 0 Å². The van der Waals surface area contributed by atoms with Crippen molar-refractivity contribution in [2.75, 3.05) is 39.4 Å². The lowest BCUT2D eigenvalue weighted by molar-refractivity contribution is 0.0948. The van der Waals surface area contributed by atoms with Crippen molar-refractivity contribution in [2.45, 2.75) is 12.3 Å². The molecule has 1 N–H and O–H groups in total. The minimum Gasteiger partial charge on any atom is -0.486 e. The van der Waals surface area contributed by atoms with Crippen LogP contribution in [0.1, 0.15) is 28.3 Å². The number of benzene rings is 2. The lowest BCUT2D eigenvalue weighted by Gasteiger charge is -2.19. The van der Waals surface area contributed by atoms with Crippen molar-refractivity contribution in [2.24, 2.45) is 0 Å². The van der Waals surface area contributed by atoms with Crippen molar-refractivity contribution in [3.05, 3.63) is 59.7 Å². The number of rotatable bonds is 5. The molecule has 5 nitrogen and oxygen atoms in total. The number of carbonyl (C=O) groups excluding carboxylic acids is 1. The molecule has 0 spiro atoms. The molecule has 5 heteroatoms. The second-order valence-electron chi connectivity index (χ2n) is 6.81. The Morgan fingerprint density at radius 1 is 1.08 bits per heavy atom. The summed E-state index contributed by atoms with van der Waals surface area (Å²) in [5.74, 6) is 1.89. The number of nitrogens with zero attached hydrogens (tertiary/aromatic N) is 1. The summed E-state index contributed by atoms with van der Waals surface area (Å²) in [6, 6.07) is 16.0. The first-order chi connectivity index (χ1) is 12.8. The van der Waals surface area contributed by atoms with Crippen LogP contribution in [0.5, 0.6) is 11.5 Å². The van der Waals surface area contributed by atoms with E-state index in [-0.39, 0.29) is 5.91 Å². The SMILES string of the molecule is O=C(NCCN1CCC(c2ccccc2)C1)c1ccc2c(c1)OCCO2. The lowest BCUT2D eigenvalue weighted by Crippen LogP contribution is -2.33. The summed E-state index contributed by atoms with van der Waals surface area (Å²) in [4.78, 5) is 14.8. The molecule has 2 aliphatic rings. The molecule has 0 saturated carbocycles. The zero-order valence-corrected chi connectivity index (χ0v) is 14.8. The Kier molecular flexibility index (Phi) is 5.07. The van der Waals surface area contributed by atoms with Gasteiger partial charge >= 0.3 is 0 Å². The van der Waals surface area contributed by atoms with Crippen LogP contribution < -0.4 is 14.8 Å². The molecule has 2 heterocycles. The highest BCUT2D eigenvalue weighted by atomic mass is 16.6. The van der Waals surface area contributed by atoms with Gasteiger partial charge in [0.1, 0.15) is 13.2 Å². The summed E-state index contributed by atoms with van der Waals surface area (Å²) >= 11 is 0. The first-order valence-corrected chi connectivity index (χ1v) is 9.25. The standard InChI is InChI=1S/C21H24N2O3/c24-21(17-6-7-19-20(14-17)26-13-12-25-19)22-9-11-23-10-8-18(15-23)16-4-2-1-3-5-16/h1-7,14,18H,8-13,15H2,(H,22,24). The average molecular weight is 352 g/mol. The van der Waals surface area contributed by atoms with Crippen LogP contribution >= 0.6 is 0 Å². The second kappa shape index (κ2) is 7.79. The minimum atomic E-state index is -0.0687. The number of ether oxygens (including phenoxy) is 2. The molecule has 1 unspecified atom stereocenters. The van der Waals surface area contributed by atoms with E-state index in [9.17, 15) is 4.79 Å². The van der Waals surface area contributed by atoms with Crippen molar-refractivity contribution in [1.82, 2.24) is 10.2 Å². The van der Waals surface area contributed by atoms with Crippen LogP contribution in [0.25, 0.3) is 0 Å². The first kappa shape index (κ1) is 16.9. The number of fused-ring (bicyclic) bond motifs is 1. The molecule has 2 aromatic rings. The van der Waals surface area contributed by atoms with Crippen LogP contribution in [-0.2, 0) is 0 Å². The Balaban J connectivity index is 1.25. The van der Waals surface area contributed by atoms with Gasteiger partial charge < -0.3 is 19.7 Å². The summed E-state index contributed by atoms with van der Waals surface area (Å²) in [7, 11) is 0. The van der Waals surface area contributed by atoms with Crippen LogP contribution in [0.15, 0.2) is 48.5 Å². The molecule has 1 amide bonds. The van der Waals surface area contributed by atoms with E-state index in [4.69, 9.17) is 9.47 Å². The van der Waals surface area contributed by atoms with Gasteiger partial charge in [0.25, 0.3) is 5.91 Å². The first-order valence-electron chi connectivity index (χ1n) is 9.25. The summed E-state index contributed by atoms with van der Waals surface area (Å²) < 4.78 is 11.0. The highest BCUT2D eigenvalue weighted by Gasteiger charge is 2.23. The van der Waals surface area contributed by atoms with Crippen LogP contribution in [0.2, 0.25) is 0 Å². The molecule has 1 saturated heterocycles. The molecule has 136 valence electrons. The van der Waals surface area contributed by atoms with Crippen molar-refractivity contribution < 1.29 is 14.3 Å². The van der Waals surface area contributed by atoms with Crippen LogP contribution in [0, 0.1) is 0 Å². The van der Waals surface area contributed by atoms with Gasteiger partial charge in [0.15, 0.2) is 11.5 Å². The normalized spacial score (nSPS) is 19.3. The van der Waals surface area contributed by atoms with Gasteiger partial charge in [-0.25, -0.2) is 0 Å². The van der Waals surface area contributed by atoms with E-state index in [0.29, 0.717) is 42.7 Å². The molecule has 2 aliphatic heterocycles. The molecule has 1 fully saturated rings. The molecular formula is C21H24N2O3. The van der Waals surface area contributed by atoms with E-state index in [2.05, 4.69) is 40.5 Å². The number of nitrogens with one attached hydrogen (secondary N) is 1. The molecule has 1 atom stereocenters. The zero-order valence-electron chi connectivity index (χ0n) is 14.8. The van der Waals surface area contributed by atoms with Gasteiger partial charge in [-0.3, -0.25) is 4.79 Å². The van der Waals surface area contributed by atoms with Gasteiger partial charge in [-0.1, -0.05) is 30.3 Å². The van der Waals surface area contributed by atoms with Crippen LogP contribution in [-0.4, -0.2) is 50.2 Å². The number of amides is 1. The quantitative estimate of drug-likeness (QED) is 0.899. The highest BCUT2D eigenvalue weighted by Crippen LogP contribution is 2.30. The molecule has 0 bridgehead atoms. The molecule has 4 rings (SSSR count). The third-order valence-electron chi connectivity index (χ3n) is 5.06. The van der Waals surface area contributed by atoms with E-state index in [0.717, 1.165) is 19.6 Å². The van der Waals surface area contributed by atoms with Crippen molar-refractivity contribution >= 4 is 5.91 Å². The van der Waals surface area contributed by atoms with Gasteiger partial charge in [-0.05, 0) is 42.6 Å². The Labute approximate surface area is 153 Å². The molecule has 0 radical (unpaired) electrons. The maximum Gasteiger partial charge on any atom is 0.251 e. The molecule has 0 aromatic heterocycles. The van der Waals surface area contributed by atoms with Crippen molar-refractivity contribution in [3.63, 3.8) is 0 Å². The number of hydrogen-bond acceptors (Lipinski definition) is 4. The predicted molar refractivity (Wildman–Crippen MR) is 100 cm³/mol. The number of likely N-dealkylation sites (tertiary alicyclic amines) is 1. The van der Waals surface area contributed by atoms with E-state index in [1.54, 1.807) is 18.2 Å². The van der Waals surface area contributed by atoms with Gasteiger partial charge in [0, 0.05) is 25.2 Å². The second-order valence-corrected chi connectivity index (χ2v) is 6.81. The largest absolute Gasteiger partial charge is 0.486 e. The fraction of sp³-hybridized carbons (Fsp3) is 0.381. The molecule has 2 aromatic carbocycles. The average Bonchev–Trinajstić information content (AvgIpc) is 3.17. The Morgan fingerprint density at radius 2 is 1.88 bits per heavy atom. The van der Waals surface area contributed by atoms with Gasteiger partial charge in [0.05, 0.1) is 0 Å². The molecule has 0 aliphatic carbocycles. The van der Waals surface area contributed by atoms with E-state index in [1.807, 2.05) is 0 Å². The van der Waals surface area contributed by atoms with Gasteiger partial charge in [-0.15, -0.1) is 0 Å². The monoisotopic (exact) mass is 352 g/mol. The van der Waals surface area contributed by atoms with Crippen LogP contribution in [0.4, 0.5) is 0 Å². The number of carbonyl (C=O) groups is 1. The summed E-state index contributed by atoms with van der Waals surface area (Å²) in [5, 5.41) is 3.01. The Bertz CT molecular complexity index is 763. The van der Waals surface area contributed by atoms with E-state index >= 15 is 0 Å². The molecular weight excluding hydrogens is 328 g/mol. The maximum absolute atomic E-state index is 12.4. The van der Waals surface area contributed by atoms with Crippen molar-refractivity contribution in [3.8, 4) is 11.5 Å². The zero-order chi connectivity index (χ0) is 17.8. The maximum atomic E-state index is 12.4. The third kappa shape index (κ3) is 3.83. The highest BCUT2D eigenvalue weighted by molar-refractivity contribution is 5.94. The van der Waals surface area contributed by atoms with Gasteiger partial charge in [0.2, 0.25) is 0 Å². The van der Waals surface area contributed by atoms with Crippen LogP contribution in [0.3, 0.4) is 0 Å². The Morgan fingerprint density at radius 3 is 2.73 bits per heavy atom.